The number of ether oxygens (including phenoxy) is 3. The fourth-order valence-electron chi connectivity index (χ4n) is 2.94. The van der Waals surface area contributed by atoms with Crippen LogP contribution in [0.15, 0.2) is 41.2 Å². The van der Waals surface area contributed by atoms with Crippen LogP contribution in [0.1, 0.15) is 25.2 Å². The smallest absolute Gasteiger partial charge is 0.261 e. The predicted octanol–water partition coefficient (Wildman–Crippen LogP) is 3.91. The van der Waals surface area contributed by atoms with Crippen molar-refractivity contribution in [2.75, 3.05) is 20.3 Å². The summed E-state index contributed by atoms with van der Waals surface area (Å²) < 4.78 is 18.1. The second-order valence-corrected chi connectivity index (χ2v) is 6.10. The first-order chi connectivity index (χ1) is 13.6. The van der Waals surface area contributed by atoms with Gasteiger partial charge in [-0.1, -0.05) is 18.2 Å². The number of aromatic nitrogens is 2. The third-order valence-corrected chi connectivity index (χ3v) is 4.32. The Labute approximate surface area is 164 Å². The molecule has 1 heterocycles. The van der Waals surface area contributed by atoms with Gasteiger partial charge in [0.2, 0.25) is 0 Å². The second-order valence-electron chi connectivity index (χ2n) is 6.10. The van der Waals surface area contributed by atoms with Gasteiger partial charge in [-0.3, -0.25) is 9.36 Å². The minimum atomic E-state index is -0.120. The molecule has 0 spiro atoms. The molecule has 0 aliphatic rings. The van der Waals surface area contributed by atoms with Gasteiger partial charge < -0.3 is 14.2 Å². The van der Waals surface area contributed by atoms with Crippen LogP contribution in [0.2, 0.25) is 0 Å². The highest BCUT2D eigenvalue weighted by molar-refractivity contribution is 5.85. The molecule has 3 aromatic rings. The summed E-state index contributed by atoms with van der Waals surface area (Å²) >= 11 is 0. The van der Waals surface area contributed by atoms with E-state index in [-0.39, 0.29) is 5.56 Å². The quantitative estimate of drug-likeness (QED) is 0.622. The van der Waals surface area contributed by atoms with Crippen molar-refractivity contribution in [3.8, 4) is 17.2 Å². The van der Waals surface area contributed by atoms with Gasteiger partial charge in [-0.05, 0) is 49.8 Å². The third-order valence-electron chi connectivity index (χ3n) is 4.32. The summed E-state index contributed by atoms with van der Waals surface area (Å²) in [5.74, 6) is 2.51. The standard InChI is InChI=1S/C22H24N2O4/c1-5-27-17-12-10-15(14-19(17)28-6-2)11-13-20-23-21-16(22(25)24(20)3)8-7-9-18(21)26-4/h7-14H,5-6H2,1-4H3. The van der Waals surface area contributed by atoms with Gasteiger partial charge in [-0.15, -0.1) is 0 Å². The maximum atomic E-state index is 12.7. The summed E-state index contributed by atoms with van der Waals surface area (Å²) in [6.45, 7) is 4.98. The van der Waals surface area contributed by atoms with Crippen molar-refractivity contribution in [1.29, 1.82) is 0 Å². The fraction of sp³-hybridized carbons (Fsp3) is 0.273. The Morgan fingerprint density at radius 1 is 1.00 bits per heavy atom. The molecule has 0 N–H and O–H groups in total. The van der Waals surface area contributed by atoms with Gasteiger partial charge in [0, 0.05) is 7.05 Å². The molecule has 1 aromatic heterocycles. The minimum absolute atomic E-state index is 0.120. The van der Waals surface area contributed by atoms with E-state index in [4.69, 9.17) is 14.2 Å². The predicted molar refractivity (Wildman–Crippen MR) is 111 cm³/mol. The molecule has 0 aliphatic carbocycles. The first-order valence-corrected chi connectivity index (χ1v) is 9.20. The maximum Gasteiger partial charge on any atom is 0.261 e. The molecule has 0 saturated carbocycles. The highest BCUT2D eigenvalue weighted by Crippen LogP contribution is 2.29. The van der Waals surface area contributed by atoms with Crippen LogP contribution in [0.3, 0.4) is 0 Å². The molecule has 3 rings (SSSR count). The summed E-state index contributed by atoms with van der Waals surface area (Å²) in [5, 5.41) is 0.527. The van der Waals surface area contributed by atoms with Crippen molar-refractivity contribution >= 4 is 23.1 Å². The Kier molecular flexibility index (Phi) is 5.99. The number of hydrogen-bond donors (Lipinski definition) is 0. The Morgan fingerprint density at radius 3 is 2.46 bits per heavy atom. The summed E-state index contributed by atoms with van der Waals surface area (Å²) in [4.78, 5) is 17.3. The van der Waals surface area contributed by atoms with Gasteiger partial charge in [0.15, 0.2) is 11.5 Å². The summed E-state index contributed by atoms with van der Waals surface area (Å²) in [6, 6.07) is 11.1. The average molecular weight is 380 g/mol. The SMILES string of the molecule is CCOc1ccc(C=Cc2nc3c(OC)cccc3c(=O)n2C)cc1OCC. The van der Waals surface area contributed by atoms with Gasteiger partial charge in [0.1, 0.15) is 17.1 Å². The van der Waals surface area contributed by atoms with E-state index in [0.717, 1.165) is 5.56 Å². The number of fused-ring (bicyclic) bond motifs is 1. The van der Waals surface area contributed by atoms with E-state index in [0.29, 0.717) is 47.2 Å². The normalized spacial score (nSPS) is 11.1. The number of para-hydroxylation sites is 1. The molecule has 28 heavy (non-hydrogen) atoms. The molecule has 0 atom stereocenters. The van der Waals surface area contributed by atoms with E-state index in [1.165, 1.54) is 4.57 Å². The highest BCUT2D eigenvalue weighted by atomic mass is 16.5. The van der Waals surface area contributed by atoms with Crippen LogP contribution < -0.4 is 19.8 Å². The van der Waals surface area contributed by atoms with Crippen LogP contribution in [0.25, 0.3) is 23.1 Å². The average Bonchev–Trinajstić information content (AvgIpc) is 2.71. The van der Waals surface area contributed by atoms with Crippen molar-refractivity contribution in [1.82, 2.24) is 9.55 Å². The van der Waals surface area contributed by atoms with Gasteiger partial charge in [0.25, 0.3) is 5.56 Å². The van der Waals surface area contributed by atoms with Gasteiger partial charge in [0.05, 0.1) is 25.7 Å². The molecule has 0 saturated heterocycles. The zero-order valence-electron chi connectivity index (χ0n) is 16.6. The van der Waals surface area contributed by atoms with Crippen LogP contribution in [0, 0.1) is 0 Å². The van der Waals surface area contributed by atoms with Gasteiger partial charge in [-0.2, -0.15) is 0 Å². The molecule has 0 bridgehead atoms. The second kappa shape index (κ2) is 8.61. The van der Waals surface area contributed by atoms with E-state index < -0.39 is 0 Å². The van der Waals surface area contributed by atoms with E-state index in [9.17, 15) is 4.79 Å². The van der Waals surface area contributed by atoms with E-state index in [2.05, 4.69) is 4.98 Å². The lowest BCUT2D eigenvalue weighted by atomic mass is 10.1. The Hall–Kier alpha value is -3.28. The summed E-state index contributed by atoms with van der Waals surface area (Å²) in [7, 11) is 3.27. The van der Waals surface area contributed by atoms with Crippen molar-refractivity contribution in [3.63, 3.8) is 0 Å². The van der Waals surface area contributed by atoms with Crippen molar-refractivity contribution in [2.45, 2.75) is 13.8 Å². The first kappa shape index (κ1) is 19.5. The fourth-order valence-corrected chi connectivity index (χ4v) is 2.94. The molecule has 146 valence electrons. The highest BCUT2D eigenvalue weighted by Gasteiger charge is 2.10. The monoisotopic (exact) mass is 380 g/mol. The molecule has 0 fully saturated rings. The molecular formula is C22H24N2O4. The molecular weight excluding hydrogens is 356 g/mol. The number of methoxy groups -OCH3 is 1. The zero-order valence-corrected chi connectivity index (χ0v) is 16.6. The molecule has 6 nitrogen and oxygen atoms in total. The zero-order chi connectivity index (χ0) is 20.1. The lowest BCUT2D eigenvalue weighted by Crippen LogP contribution is -2.20. The molecule has 6 heteroatoms. The Bertz CT molecular complexity index is 1070. The van der Waals surface area contributed by atoms with E-state index in [1.807, 2.05) is 38.1 Å². The number of benzene rings is 2. The van der Waals surface area contributed by atoms with Crippen molar-refractivity contribution < 1.29 is 14.2 Å². The van der Waals surface area contributed by atoms with Gasteiger partial charge >= 0.3 is 0 Å². The Morgan fingerprint density at radius 2 is 1.75 bits per heavy atom. The first-order valence-electron chi connectivity index (χ1n) is 9.20. The lowest BCUT2D eigenvalue weighted by molar-refractivity contribution is 0.287. The van der Waals surface area contributed by atoms with Crippen molar-refractivity contribution in [3.05, 3.63) is 58.1 Å². The van der Waals surface area contributed by atoms with Crippen LogP contribution in [0.5, 0.6) is 17.2 Å². The lowest BCUT2D eigenvalue weighted by Gasteiger charge is -2.11. The molecule has 0 unspecified atom stereocenters. The largest absolute Gasteiger partial charge is 0.494 e. The van der Waals surface area contributed by atoms with E-state index in [1.54, 1.807) is 38.4 Å². The number of hydrogen-bond acceptors (Lipinski definition) is 5. The maximum absolute atomic E-state index is 12.7. The molecule has 0 radical (unpaired) electrons. The minimum Gasteiger partial charge on any atom is -0.494 e. The Balaban J connectivity index is 2.02. The van der Waals surface area contributed by atoms with Crippen LogP contribution in [0.4, 0.5) is 0 Å². The van der Waals surface area contributed by atoms with E-state index >= 15 is 0 Å². The van der Waals surface area contributed by atoms with Gasteiger partial charge in [-0.25, -0.2) is 4.98 Å². The topological polar surface area (TPSA) is 62.6 Å². The number of rotatable bonds is 7. The van der Waals surface area contributed by atoms with Crippen molar-refractivity contribution in [2.24, 2.45) is 7.05 Å². The molecule has 0 aliphatic heterocycles. The molecule has 0 amide bonds. The summed E-state index contributed by atoms with van der Waals surface area (Å²) in [5.41, 5.74) is 1.35. The van der Waals surface area contributed by atoms with Crippen LogP contribution in [-0.4, -0.2) is 29.9 Å². The third kappa shape index (κ3) is 3.86. The number of nitrogens with zero attached hydrogens (tertiary/aromatic N) is 2. The molecule has 2 aromatic carbocycles. The summed E-state index contributed by atoms with van der Waals surface area (Å²) in [6.07, 6.45) is 3.69. The van der Waals surface area contributed by atoms with Crippen LogP contribution >= 0.6 is 0 Å². The van der Waals surface area contributed by atoms with Crippen LogP contribution in [-0.2, 0) is 7.05 Å².